The van der Waals surface area contributed by atoms with Crippen molar-refractivity contribution in [2.75, 3.05) is 19.6 Å². The third kappa shape index (κ3) is 3.73. The third-order valence-electron chi connectivity index (χ3n) is 4.96. The lowest BCUT2D eigenvalue weighted by molar-refractivity contribution is 0.132. The van der Waals surface area contributed by atoms with E-state index in [2.05, 4.69) is 24.1 Å². The highest BCUT2D eigenvalue weighted by atomic mass is 35.5. The molecule has 1 N–H and O–H groups in total. The van der Waals surface area contributed by atoms with Crippen LogP contribution in [0.4, 0.5) is 0 Å². The van der Waals surface area contributed by atoms with E-state index in [1.54, 1.807) is 12.1 Å². The van der Waals surface area contributed by atoms with Gasteiger partial charge in [0.15, 0.2) is 0 Å². The van der Waals surface area contributed by atoms with Crippen molar-refractivity contribution in [1.29, 1.82) is 0 Å². The molecule has 136 valence electrons. The summed E-state index contributed by atoms with van der Waals surface area (Å²) in [4.78, 5) is 20.4. The second kappa shape index (κ2) is 7.85. The number of rotatable bonds is 5. The number of aromatic nitrogens is 2. The highest BCUT2D eigenvalue weighted by Crippen LogP contribution is 2.26. The number of nitrogens with one attached hydrogen (secondary N) is 1. The lowest BCUT2D eigenvalue weighted by atomic mass is 10.1. The van der Waals surface area contributed by atoms with E-state index in [0.717, 1.165) is 43.8 Å². The van der Waals surface area contributed by atoms with E-state index in [0.29, 0.717) is 23.0 Å². The van der Waals surface area contributed by atoms with Crippen LogP contribution < -0.4 is 10.9 Å². The molecule has 1 aliphatic rings. The van der Waals surface area contributed by atoms with Gasteiger partial charge < -0.3 is 5.32 Å². The number of nitrogens with zero attached hydrogens (tertiary/aromatic N) is 3. The summed E-state index contributed by atoms with van der Waals surface area (Å²) >= 11 is 6.08. The Morgan fingerprint density at radius 3 is 2.88 bits per heavy atom. The number of piperazine rings is 1. The Morgan fingerprint density at radius 2 is 2.20 bits per heavy atom. The zero-order valence-electron chi connectivity index (χ0n) is 15.3. The quantitative estimate of drug-likeness (QED) is 0.887. The molecule has 0 amide bonds. The van der Waals surface area contributed by atoms with E-state index in [-0.39, 0.29) is 11.6 Å². The maximum atomic E-state index is 13.0. The van der Waals surface area contributed by atoms with E-state index >= 15 is 0 Å². The molecule has 5 nitrogen and oxygen atoms in total. The first-order chi connectivity index (χ1) is 12.0. The van der Waals surface area contributed by atoms with Gasteiger partial charge in [-0.1, -0.05) is 24.9 Å². The Bertz CT molecular complexity index is 804. The van der Waals surface area contributed by atoms with Crippen LogP contribution in [0.25, 0.3) is 10.9 Å². The molecule has 0 unspecified atom stereocenters. The molecular formula is C19H27ClN4O. The molecule has 0 saturated carbocycles. The summed E-state index contributed by atoms with van der Waals surface area (Å²) in [5.41, 5.74) is 0.743. The van der Waals surface area contributed by atoms with E-state index in [1.165, 1.54) is 0 Å². The van der Waals surface area contributed by atoms with E-state index in [4.69, 9.17) is 16.6 Å². The van der Waals surface area contributed by atoms with Gasteiger partial charge >= 0.3 is 0 Å². The molecular weight excluding hydrogens is 336 g/mol. The van der Waals surface area contributed by atoms with Crippen molar-refractivity contribution < 1.29 is 0 Å². The van der Waals surface area contributed by atoms with Crippen molar-refractivity contribution in [2.45, 2.75) is 52.2 Å². The monoisotopic (exact) mass is 362 g/mol. The molecule has 1 aromatic heterocycles. The summed E-state index contributed by atoms with van der Waals surface area (Å²) < 4.78 is 1.83. The van der Waals surface area contributed by atoms with Gasteiger partial charge in [0.2, 0.25) is 0 Å². The lowest BCUT2D eigenvalue weighted by Gasteiger charge is -2.38. The minimum atomic E-state index is 0.00860. The molecule has 0 aliphatic carbocycles. The molecule has 2 atom stereocenters. The largest absolute Gasteiger partial charge is 0.312 e. The first-order valence-electron chi connectivity index (χ1n) is 9.22. The smallest absolute Gasteiger partial charge is 0.261 e. The predicted molar refractivity (Wildman–Crippen MR) is 103 cm³/mol. The van der Waals surface area contributed by atoms with Crippen LogP contribution in [0.5, 0.6) is 0 Å². The third-order valence-corrected chi connectivity index (χ3v) is 5.20. The van der Waals surface area contributed by atoms with E-state index in [9.17, 15) is 4.79 Å². The summed E-state index contributed by atoms with van der Waals surface area (Å²) in [5.74, 6) is 0.887. The number of benzene rings is 1. The van der Waals surface area contributed by atoms with Crippen LogP contribution in [0.1, 0.15) is 45.5 Å². The second-order valence-electron chi connectivity index (χ2n) is 6.84. The first-order valence-corrected chi connectivity index (χ1v) is 9.60. The number of fused-ring (bicyclic) bond motifs is 1. The summed E-state index contributed by atoms with van der Waals surface area (Å²) in [7, 11) is 0. The molecule has 1 saturated heterocycles. The van der Waals surface area contributed by atoms with Gasteiger partial charge in [0.05, 0.1) is 16.9 Å². The van der Waals surface area contributed by atoms with Gasteiger partial charge in [0.25, 0.3) is 5.56 Å². The molecule has 1 fully saturated rings. The molecule has 3 rings (SSSR count). The van der Waals surface area contributed by atoms with Gasteiger partial charge in [-0.3, -0.25) is 14.3 Å². The fourth-order valence-corrected chi connectivity index (χ4v) is 3.94. The van der Waals surface area contributed by atoms with Crippen LogP contribution in [0.2, 0.25) is 5.02 Å². The summed E-state index contributed by atoms with van der Waals surface area (Å²) in [6.45, 7) is 9.95. The molecule has 0 bridgehead atoms. The number of hydrogen-bond acceptors (Lipinski definition) is 4. The van der Waals surface area contributed by atoms with Gasteiger partial charge in [-0.05, 0) is 38.5 Å². The average molecular weight is 363 g/mol. The number of hydrogen-bond donors (Lipinski definition) is 1. The average Bonchev–Trinajstić information content (AvgIpc) is 2.60. The molecule has 1 aromatic carbocycles. The van der Waals surface area contributed by atoms with E-state index < -0.39 is 0 Å². The van der Waals surface area contributed by atoms with Crippen molar-refractivity contribution >= 4 is 22.5 Å². The Kier molecular flexibility index (Phi) is 5.77. The fourth-order valence-electron chi connectivity index (χ4n) is 3.76. The Morgan fingerprint density at radius 1 is 1.40 bits per heavy atom. The SMILES string of the molecule is CCC[C@H](c1nc2ccc(Cl)cc2c(=O)n1CC)N1CCN[C@@H](C)C1. The maximum Gasteiger partial charge on any atom is 0.261 e. The summed E-state index contributed by atoms with van der Waals surface area (Å²) in [5, 5.41) is 4.66. The Balaban J connectivity index is 2.13. The number of halogens is 1. The van der Waals surface area contributed by atoms with Crippen molar-refractivity contribution in [3.63, 3.8) is 0 Å². The fraction of sp³-hybridized carbons (Fsp3) is 0.579. The van der Waals surface area contributed by atoms with Crippen LogP contribution in [-0.2, 0) is 6.54 Å². The molecule has 1 aliphatic heterocycles. The Labute approximate surface area is 154 Å². The standard InChI is InChI=1S/C19H27ClN4O/c1-4-6-17(23-10-9-21-13(3)12-23)18-22-16-8-7-14(20)11-15(16)19(25)24(18)5-2/h7-8,11,13,17,21H,4-6,9-10,12H2,1-3H3/t13-,17+/m0/s1. The molecule has 25 heavy (non-hydrogen) atoms. The van der Waals surface area contributed by atoms with Crippen LogP contribution in [0, 0.1) is 0 Å². The maximum absolute atomic E-state index is 13.0. The van der Waals surface area contributed by atoms with Gasteiger partial charge in [0, 0.05) is 37.2 Å². The van der Waals surface area contributed by atoms with Gasteiger partial charge in [-0.25, -0.2) is 4.98 Å². The van der Waals surface area contributed by atoms with Crippen LogP contribution >= 0.6 is 11.6 Å². The highest BCUT2D eigenvalue weighted by molar-refractivity contribution is 6.31. The molecule has 0 radical (unpaired) electrons. The van der Waals surface area contributed by atoms with Crippen LogP contribution in [0.15, 0.2) is 23.0 Å². The molecule has 6 heteroatoms. The van der Waals surface area contributed by atoms with Gasteiger partial charge in [-0.2, -0.15) is 0 Å². The minimum Gasteiger partial charge on any atom is -0.312 e. The normalized spacial score (nSPS) is 20.1. The molecule has 2 aromatic rings. The van der Waals surface area contributed by atoms with Crippen LogP contribution in [0.3, 0.4) is 0 Å². The van der Waals surface area contributed by atoms with Crippen molar-refractivity contribution in [3.05, 3.63) is 39.4 Å². The summed E-state index contributed by atoms with van der Waals surface area (Å²) in [6, 6.07) is 6.00. The highest BCUT2D eigenvalue weighted by Gasteiger charge is 2.28. The second-order valence-corrected chi connectivity index (χ2v) is 7.27. The predicted octanol–water partition coefficient (Wildman–Crippen LogP) is 3.20. The van der Waals surface area contributed by atoms with Crippen molar-refractivity contribution in [1.82, 2.24) is 19.8 Å². The Hall–Kier alpha value is -1.43. The zero-order valence-corrected chi connectivity index (χ0v) is 16.0. The van der Waals surface area contributed by atoms with Crippen LogP contribution in [-0.4, -0.2) is 40.1 Å². The summed E-state index contributed by atoms with van der Waals surface area (Å²) in [6.07, 6.45) is 2.06. The van der Waals surface area contributed by atoms with E-state index in [1.807, 2.05) is 17.6 Å². The lowest BCUT2D eigenvalue weighted by Crippen LogP contribution is -2.51. The topological polar surface area (TPSA) is 50.2 Å². The zero-order chi connectivity index (χ0) is 18.0. The van der Waals surface area contributed by atoms with Gasteiger partial charge in [0.1, 0.15) is 5.82 Å². The molecule has 2 heterocycles. The van der Waals surface area contributed by atoms with Crippen molar-refractivity contribution in [3.8, 4) is 0 Å². The van der Waals surface area contributed by atoms with Gasteiger partial charge in [-0.15, -0.1) is 0 Å². The minimum absolute atomic E-state index is 0.00860. The van der Waals surface area contributed by atoms with Crippen molar-refractivity contribution in [2.24, 2.45) is 0 Å². The molecule has 0 spiro atoms. The first kappa shape index (κ1) is 18.4.